The minimum atomic E-state index is 0.0779. The lowest BCUT2D eigenvalue weighted by molar-refractivity contribution is -0.121. The Bertz CT molecular complexity index is 424. The van der Waals surface area contributed by atoms with Crippen LogP contribution in [-0.2, 0) is 11.2 Å². The molecule has 0 aliphatic carbocycles. The fourth-order valence-electron chi connectivity index (χ4n) is 2.43. The summed E-state index contributed by atoms with van der Waals surface area (Å²) in [5, 5.41) is 7.13. The van der Waals surface area contributed by atoms with E-state index in [1.807, 2.05) is 24.3 Å². The predicted molar refractivity (Wildman–Crippen MR) is 78.4 cm³/mol. The number of amides is 1. The Morgan fingerprint density at radius 3 is 2.79 bits per heavy atom. The van der Waals surface area contributed by atoms with Crippen molar-refractivity contribution in [1.82, 2.24) is 10.6 Å². The Hall–Kier alpha value is -1.06. The van der Waals surface area contributed by atoms with Gasteiger partial charge in [0.1, 0.15) is 0 Å². The Labute approximate surface area is 119 Å². The Kier molecular flexibility index (Phi) is 4.83. The van der Waals surface area contributed by atoms with Crippen molar-refractivity contribution >= 4 is 17.5 Å². The number of rotatable bonds is 4. The molecule has 1 aromatic rings. The molecule has 19 heavy (non-hydrogen) atoms. The SMILES string of the molecule is CC1(CNC(=O)Cc2ccc(Cl)cc2)CCCNC1. The van der Waals surface area contributed by atoms with Gasteiger partial charge in [-0.25, -0.2) is 0 Å². The Morgan fingerprint density at radius 2 is 2.16 bits per heavy atom. The average molecular weight is 281 g/mol. The molecule has 1 saturated heterocycles. The third-order valence-corrected chi connectivity index (χ3v) is 3.93. The molecule has 1 aliphatic rings. The van der Waals surface area contributed by atoms with E-state index < -0.39 is 0 Å². The van der Waals surface area contributed by atoms with Crippen molar-refractivity contribution in [2.75, 3.05) is 19.6 Å². The first-order valence-electron chi connectivity index (χ1n) is 6.79. The fourth-order valence-corrected chi connectivity index (χ4v) is 2.56. The van der Waals surface area contributed by atoms with E-state index in [0.29, 0.717) is 11.4 Å². The first-order valence-corrected chi connectivity index (χ1v) is 7.17. The monoisotopic (exact) mass is 280 g/mol. The maximum Gasteiger partial charge on any atom is 0.224 e. The lowest BCUT2D eigenvalue weighted by atomic mass is 9.83. The van der Waals surface area contributed by atoms with Crippen LogP contribution in [0.15, 0.2) is 24.3 Å². The molecule has 1 aromatic carbocycles. The van der Waals surface area contributed by atoms with Crippen LogP contribution in [0.1, 0.15) is 25.3 Å². The average Bonchev–Trinajstić information content (AvgIpc) is 2.40. The van der Waals surface area contributed by atoms with E-state index in [-0.39, 0.29) is 11.3 Å². The second-order valence-corrected chi connectivity index (χ2v) is 6.11. The van der Waals surface area contributed by atoms with Crippen LogP contribution >= 0.6 is 11.6 Å². The summed E-state index contributed by atoms with van der Waals surface area (Å²) >= 11 is 5.82. The highest BCUT2D eigenvalue weighted by Crippen LogP contribution is 2.24. The van der Waals surface area contributed by atoms with Gasteiger partial charge >= 0.3 is 0 Å². The molecule has 0 bridgehead atoms. The zero-order valence-corrected chi connectivity index (χ0v) is 12.1. The van der Waals surface area contributed by atoms with Gasteiger partial charge in [0.15, 0.2) is 0 Å². The zero-order valence-electron chi connectivity index (χ0n) is 11.3. The maximum absolute atomic E-state index is 11.9. The van der Waals surface area contributed by atoms with Crippen molar-refractivity contribution < 1.29 is 4.79 Å². The number of benzene rings is 1. The van der Waals surface area contributed by atoms with Crippen molar-refractivity contribution in [1.29, 1.82) is 0 Å². The molecular formula is C15H21ClN2O. The highest BCUT2D eigenvalue weighted by molar-refractivity contribution is 6.30. The van der Waals surface area contributed by atoms with Crippen molar-refractivity contribution in [3.05, 3.63) is 34.9 Å². The van der Waals surface area contributed by atoms with E-state index in [9.17, 15) is 4.79 Å². The smallest absolute Gasteiger partial charge is 0.224 e. The zero-order chi connectivity index (χ0) is 13.7. The van der Waals surface area contributed by atoms with Crippen LogP contribution in [0.2, 0.25) is 5.02 Å². The number of nitrogens with one attached hydrogen (secondary N) is 2. The summed E-state index contributed by atoms with van der Waals surface area (Å²) in [4.78, 5) is 11.9. The van der Waals surface area contributed by atoms with Crippen LogP contribution < -0.4 is 10.6 Å². The molecule has 0 spiro atoms. The minimum absolute atomic E-state index is 0.0779. The second kappa shape index (κ2) is 6.40. The van der Waals surface area contributed by atoms with Crippen LogP contribution in [0, 0.1) is 5.41 Å². The third kappa shape index (κ3) is 4.51. The quantitative estimate of drug-likeness (QED) is 0.889. The Balaban J connectivity index is 1.79. The van der Waals surface area contributed by atoms with E-state index in [0.717, 1.165) is 25.2 Å². The number of carbonyl (C=O) groups excluding carboxylic acids is 1. The van der Waals surface area contributed by atoms with E-state index >= 15 is 0 Å². The Morgan fingerprint density at radius 1 is 1.42 bits per heavy atom. The molecule has 104 valence electrons. The summed E-state index contributed by atoms with van der Waals surface area (Å²) in [6.07, 6.45) is 2.77. The van der Waals surface area contributed by atoms with Crippen LogP contribution in [0.4, 0.5) is 0 Å². The second-order valence-electron chi connectivity index (χ2n) is 5.67. The van der Waals surface area contributed by atoms with Gasteiger partial charge in [-0.05, 0) is 42.5 Å². The van der Waals surface area contributed by atoms with Crippen LogP contribution in [0.25, 0.3) is 0 Å². The summed E-state index contributed by atoms with van der Waals surface area (Å²) in [5.41, 5.74) is 1.18. The summed E-state index contributed by atoms with van der Waals surface area (Å²) in [6, 6.07) is 7.42. The van der Waals surface area contributed by atoms with E-state index in [1.165, 1.54) is 12.8 Å². The molecule has 3 nitrogen and oxygen atoms in total. The number of piperidine rings is 1. The van der Waals surface area contributed by atoms with Crippen LogP contribution in [0.5, 0.6) is 0 Å². The van der Waals surface area contributed by atoms with Gasteiger partial charge < -0.3 is 10.6 Å². The summed E-state index contributed by atoms with van der Waals surface area (Å²) in [5.74, 6) is 0.0779. The molecule has 1 atom stereocenters. The first kappa shape index (κ1) is 14.4. The van der Waals surface area contributed by atoms with Gasteiger partial charge in [-0.1, -0.05) is 30.7 Å². The van der Waals surface area contributed by atoms with Gasteiger partial charge in [0.25, 0.3) is 0 Å². The normalized spacial score (nSPS) is 23.1. The molecule has 0 aromatic heterocycles. The van der Waals surface area contributed by atoms with Crippen LogP contribution in [0.3, 0.4) is 0 Å². The first-order chi connectivity index (χ1) is 9.07. The van der Waals surface area contributed by atoms with E-state index in [4.69, 9.17) is 11.6 Å². The largest absolute Gasteiger partial charge is 0.355 e. The van der Waals surface area contributed by atoms with Crippen molar-refractivity contribution in [3.63, 3.8) is 0 Å². The number of hydrogen-bond donors (Lipinski definition) is 2. The fraction of sp³-hybridized carbons (Fsp3) is 0.533. The number of halogens is 1. The van der Waals surface area contributed by atoms with Crippen LogP contribution in [-0.4, -0.2) is 25.5 Å². The molecule has 1 fully saturated rings. The predicted octanol–water partition coefficient (Wildman–Crippen LogP) is 2.39. The van der Waals surface area contributed by atoms with E-state index in [2.05, 4.69) is 17.6 Å². The van der Waals surface area contributed by atoms with Gasteiger partial charge in [0, 0.05) is 18.1 Å². The topological polar surface area (TPSA) is 41.1 Å². The van der Waals surface area contributed by atoms with Gasteiger partial charge in [0.05, 0.1) is 6.42 Å². The molecule has 1 heterocycles. The minimum Gasteiger partial charge on any atom is -0.355 e. The lowest BCUT2D eigenvalue weighted by Crippen LogP contribution is -2.45. The number of carbonyl (C=O) groups is 1. The van der Waals surface area contributed by atoms with E-state index in [1.54, 1.807) is 0 Å². The summed E-state index contributed by atoms with van der Waals surface area (Å²) in [6.45, 7) is 5.04. The van der Waals surface area contributed by atoms with Gasteiger partial charge in [-0.3, -0.25) is 4.79 Å². The molecule has 1 aliphatic heterocycles. The molecule has 0 saturated carbocycles. The van der Waals surface area contributed by atoms with Gasteiger partial charge in [-0.2, -0.15) is 0 Å². The molecule has 1 amide bonds. The van der Waals surface area contributed by atoms with Gasteiger partial charge in [0.2, 0.25) is 5.91 Å². The van der Waals surface area contributed by atoms with Gasteiger partial charge in [-0.15, -0.1) is 0 Å². The molecule has 2 N–H and O–H groups in total. The van der Waals surface area contributed by atoms with Crippen molar-refractivity contribution in [2.24, 2.45) is 5.41 Å². The standard InChI is InChI=1S/C15H21ClN2O/c1-15(7-2-8-17-10-15)11-18-14(19)9-12-3-5-13(16)6-4-12/h3-6,17H,2,7-11H2,1H3,(H,18,19). The molecule has 1 unspecified atom stereocenters. The molecule has 2 rings (SSSR count). The summed E-state index contributed by atoms with van der Waals surface area (Å²) in [7, 11) is 0. The number of hydrogen-bond acceptors (Lipinski definition) is 2. The molecule has 0 radical (unpaired) electrons. The lowest BCUT2D eigenvalue weighted by Gasteiger charge is -2.34. The summed E-state index contributed by atoms with van der Waals surface area (Å²) < 4.78 is 0. The molecule has 4 heteroatoms. The maximum atomic E-state index is 11.9. The third-order valence-electron chi connectivity index (χ3n) is 3.68. The van der Waals surface area contributed by atoms with Crippen molar-refractivity contribution in [3.8, 4) is 0 Å². The highest BCUT2D eigenvalue weighted by Gasteiger charge is 2.26. The highest BCUT2D eigenvalue weighted by atomic mass is 35.5. The molecular weight excluding hydrogens is 260 g/mol. The van der Waals surface area contributed by atoms with Crippen molar-refractivity contribution in [2.45, 2.75) is 26.2 Å².